The van der Waals surface area contributed by atoms with Crippen LogP contribution in [0.25, 0.3) is 10.7 Å². The molecule has 92 valence electrons. The maximum absolute atomic E-state index is 5.28. The molecule has 2 aromatic heterocycles. The highest BCUT2D eigenvalue weighted by atomic mass is 32.1. The van der Waals surface area contributed by atoms with Gasteiger partial charge in [-0.1, -0.05) is 26.8 Å². The molecular weight excluding hydrogens is 250 g/mol. The van der Waals surface area contributed by atoms with Gasteiger partial charge in [0.15, 0.2) is 10.6 Å². The van der Waals surface area contributed by atoms with Gasteiger partial charge in [0.05, 0.1) is 4.88 Å². The van der Waals surface area contributed by atoms with Crippen molar-refractivity contribution < 1.29 is 0 Å². The topological polar surface area (TPSA) is 33.6 Å². The van der Waals surface area contributed by atoms with Crippen LogP contribution in [-0.2, 0) is 6.54 Å². The van der Waals surface area contributed by atoms with Crippen molar-refractivity contribution in [3.8, 4) is 10.7 Å². The summed E-state index contributed by atoms with van der Waals surface area (Å²) in [6.45, 7) is 7.62. The van der Waals surface area contributed by atoms with E-state index in [1.54, 1.807) is 11.3 Å². The maximum atomic E-state index is 5.28. The number of nitrogens with zero attached hydrogens (tertiary/aromatic N) is 2. The Morgan fingerprint density at radius 3 is 2.82 bits per heavy atom. The molecule has 17 heavy (non-hydrogen) atoms. The summed E-state index contributed by atoms with van der Waals surface area (Å²) in [6.07, 6.45) is 1.08. The van der Waals surface area contributed by atoms with Gasteiger partial charge in [0, 0.05) is 6.54 Å². The van der Waals surface area contributed by atoms with E-state index in [2.05, 4.69) is 47.0 Å². The molecule has 2 aromatic rings. The van der Waals surface area contributed by atoms with Crippen molar-refractivity contribution in [1.82, 2.24) is 14.8 Å². The summed E-state index contributed by atoms with van der Waals surface area (Å²) in [7, 11) is 0. The smallest absolute Gasteiger partial charge is 0.195 e. The van der Waals surface area contributed by atoms with E-state index >= 15 is 0 Å². The average molecular weight is 267 g/mol. The van der Waals surface area contributed by atoms with E-state index in [0.29, 0.717) is 10.2 Å². The summed E-state index contributed by atoms with van der Waals surface area (Å²) in [5.41, 5.74) is 0.304. The van der Waals surface area contributed by atoms with E-state index in [9.17, 15) is 0 Å². The Kier molecular flexibility index (Phi) is 3.49. The summed E-state index contributed by atoms with van der Waals surface area (Å²) < 4.78 is 2.80. The van der Waals surface area contributed by atoms with Gasteiger partial charge in [-0.25, -0.2) is 0 Å². The molecule has 0 aliphatic heterocycles. The molecule has 0 aromatic carbocycles. The summed E-state index contributed by atoms with van der Waals surface area (Å²) >= 11 is 6.97. The highest BCUT2D eigenvalue weighted by molar-refractivity contribution is 7.71. The van der Waals surface area contributed by atoms with Crippen LogP contribution in [0.3, 0.4) is 0 Å². The number of aromatic nitrogens is 3. The lowest BCUT2D eigenvalue weighted by atomic mass is 9.92. The summed E-state index contributed by atoms with van der Waals surface area (Å²) in [5.74, 6) is 0.953. The monoisotopic (exact) mass is 267 g/mol. The minimum atomic E-state index is 0.304. The fourth-order valence-electron chi connectivity index (χ4n) is 1.57. The van der Waals surface area contributed by atoms with E-state index < -0.39 is 0 Å². The van der Waals surface area contributed by atoms with Gasteiger partial charge < -0.3 is 0 Å². The van der Waals surface area contributed by atoms with Crippen LogP contribution in [0.2, 0.25) is 0 Å². The van der Waals surface area contributed by atoms with Crippen molar-refractivity contribution in [3.05, 3.63) is 22.3 Å². The highest BCUT2D eigenvalue weighted by Crippen LogP contribution is 2.25. The molecule has 0 bridgehead atoms. The normalized spacial score (nSPS) is 11.9. The van der Waals surface area contributed by atoms with Gasteiger partial charge in [-0.2, -0.15) is 5.10 Å². The van der Waals surface area contributed by atoms with Crippen molar-refractivity contribution in [2.24, 2.45) is 5.41 Å². The first-order chi connectivity index (χ1) is 7.97. The maximum Gasteiger partial charge on any atom is 0.195 e. The lowest BCUT2D eigenvalue weighted by Gasteiger charge is -2.18. The van der Waals surface area contributed by atoms with Crippen LogP contribution in [0, 0.1) is 10.2 Å². The van der Waals surface area contributed by atoms with Crippen molar-refractivity contribution >= 4 is 23.6 Å². The van der Waals surface area contributed by atoms with Gasteiger partial charge in [0.2, 0.25) is 0 Å². The number of thiophene rings is 1. The van der Waals surface area contributed by atoms with E-state index in [1.807, 2.05) is 6.07 Å². The molecule has 0 radical (unpaired) electrons. The van der Waals surface area contributed by atoms with Crippen LogP contribution >= 0.6 is 23.6 Å². The molecule has 0 saturated heterocycles. The second kappa shape index (κ2) is 4.74. The predicted molar refractivity (Wildman–Crippen MR) is 74.8 cm³/mol. The molecule has 0 amide bonds. The number of H-pyrrole nitrogens is 1. The summed E-state index contributed by atoms with van der Waals surface area (Å²) in [6, 6.07) is 4.11. The first kappa shape index (κ1) is 12.5. The second-order valence-corrected chi connectivity index (χ2v) is 6.63. The molecule has 0 aliphatic rings. The first-order valence-electron chi connectivity index (χ1n) is 5.66. The molecule has 0 aliphatic carbocycles. The predicted octanol–water partition coefficient (Wildman–Crippen LogP) is 4.11. The van der Waals surface area contributed by atoms with Gasteiger partial charge in [0.25, 0.3) is 0 Å². The molecule has 0 unspecified atom stereocenters. The molecule has 0 spiro atoms. The van der Waals surface area contributed by atoms with Crippen LogP contribution in [0.4, 0.5) is 0 Å². The number of rotatable bonds is 3. The van der Waals surface area contributed by atoms with Crippen LogP contribution in [0.15, 0.2) is 17.5 Å². The zero-order chi connectivity index (χ0) is 12.5. The fraction of sp³-hybridized carbons (Fsp3) is 0.500. The molecule has 5 heteroatoms. The van der Waals surface area contributed by atoms with E-state index in [1.165, 1.54) is 0 Å². The van der Waals surface area contributed by atoms with Gasteiger partial charge in [-0.3, -0.25) is 9.67 Å². The van der Waals surface area contributed by atoms with Crippen molar-refractivity contribution in [2.45, 2.75) is 33.7 Å². The van der Waals surface area contributed by atoms with Gasteiger partial charge in [-0.15, -0.1) is 11.3 Å². The molecule has 2 heterocycles. The molecule has 0 atom stereocenters. The van der Waals surface area contributed by atoms with Crippen LogP contribution in [0.1, 0.15) is 27.2 Å². The molecule has 1 N–H and O–H groups in total. The quantitative estimate of drug-likeness (QED) is 0.849. The van der Waals surface area contributed by atoms with E-state index in [-0.39, 0.29) is 0 Å². The Morgan fingerprint density at radius 1 is 1.47 bits per heavy atom. The highest BCUT2D eigenvalue weighted by Gasteiger charge is 2.14. The fourth-order valence-corrected chi connectivity index (χ4v) is 2.51. The Morgan fingerprint density at radius 2 is 2.24 bits per heavy atom. The van der Waals surface area contributed by atoms with Crippen LogP contribution in [0.5, 0.6) is 0 Å². The van der Waals surface area contributed by atoms with E-state index in [4.69, 9.17) is 12.2 Å². The van der Waals surface area contributed by atoms with Crippen LogP contribution in [-0.4, -0.2) is 14.8 Å². The van der Waals surface area contributed by atoms with Crippen molar-refractivity contribution in [1.29, 1.82) is 0 Å². The zero-order valence-electron chi connectivity index (χ0n) is 10.4. The summed E-state index contributed by atoms with van der Waals surface area (Å²) in [5, 5.41) is 9.26. The van der Waals surface area contributed by atoms with Crippen molar-refractivity contribution in [2.75, 3.05) is 0 Å². The Balaban J connectivity index is 2.28. The van der Waals surface area contributed by atoms with Gasteiger partial charge in [-0.05, 0) is 35.5 Å². The molecular formula is C12H17N3S2. The lowest BCUT2D eigenvalue weighted by molar-refractivity contribution is 0.350. The molecule has 3 nitrogen and oxygen atoms in total. The van der Waals surface area contributed by atoms with Gasteiger partial charge in [0.1, 0.15) is 0 Å². The molecule has 0 saturated carbocycles. The number of aromatic amines is 1. The molecule has 0 fully saturated rings. The zero-order valence-corrected chi connectivity index (χ0v) is 12.0. The Hall–Kier alpha value is -0.940. The average Bonchev–Trinajstić information content (AvgIpc) is 2.82. The third kappa shape index (κ3) is 3.04. The van der Waals surface area contributed by atoms with Gasteiger partial charge >= 0.3 is 0 Å². The number of nitrogens with one attached hydrogen (secondary N) is 1. The minimum absolute atomic E-state index is 0.304. The Labute approximate surface area is 111 Å². The standard InChI is InChI=1S/C12H17N3S2/c1-12(2,3)6-7-15-10(13-14-11(15)16)9-5-4-8-17-9/h4-5,8H,6-7H2,1-3H3,(H,14,16). The largest absolute Gasteiger partial charge is 0.299 e. The third-order valence-corrected chi connectivity index (χ3v) is 3.76. The number of hydrogen-bond acceptors (Lipinski definition) is 3. The summed E-state index contributed by atoms with van der Waals surface area (Å²) in [4.78, 5) is 1.16. The van der Waals surface area contributed by atoms with Crippen LogP contribution < -0.4 is 0 Å². The lowest BCUT2D eigenvalue weighted by Crippen LogP contribution is -2.11. The van der Waals surface area contributed by atoms with Crippen molar-refractivity contribution in [3.63, 3.8) is 0 Å². The SMILES string of the molecule is CC(C)(C)CCn1c(-c2cccs2)n[nH]c1=S. The first-order valence-corrected chi connectivity index (χ1v) is 6.95. The Bertz CT molecular complexity index is 529. The second-order valence-electron chi connectivity index (χ2n) is 5.29. The minimum Gasteiger partial charge on any atom is -0.299 e. The number of hydrogen-bond donors (Lipinski definition) is 1. The third-order valence-electron chi connectivity index (χ3n) is 2.59. The van der Waals surface area contributed by atoms with E-state index in [0.717, 1.165) is 23.7 Å². The molecule has 2 rings (SSSR count).